The van der Waals surface area contributed by atoms with E-state index in [2.05, 4.69) is 9.97 Å². The molecule has 2 rings (SSSR count). The van der Waals surface area contributed by atoms with Gasteiger partial charge in [0.2, 0.25) is 0 Å². The molecule has 0 spiro atoms. The van der Waals surface area contributed by atoms with Gasteiger partial charge in [-0.2, -0.15) is 0 Å². The van der Waals surface area contributed by atoms with Gasteiger partial charge < -0.3 is 5.73 Å². The van der Waals surface area contributed by atoms with Gasteiger partial charge in [0.25, 0.3) is 0 Å². The first-order valence-electron chi connectivity index (χ1n) is 5.68. The van der Waals surface area contributed by atoms with Crippen molar-refractivity contribution in [3.63, 3.8) is 0 Å². The summed E-state index contributed by atoms with van der Waals surface area (Å²) in [7, 11) is 0. The summed E-state index contributed by atoms with van der Waals surface area (Å²) in [6.45, 7) is 0.607. The standard InChI is InChI=1S/C13H13ClFN3/c14-10-8-9(3-4-11(10)15)12-5-7-17-13(18-12)2-1-6-16/h3-5,7-8H,1-2,6,16H2. The molecule has 1 aromatic carbocycles. The monoisotopic (exact) mass is 265 g/mol. The summed E-state index contributed by atoms with van der Waals surface area (Å²) in [5.41, 5.74) is 6.96. The third-order valence-electron chi connectivity index (χ3n) is 2.53. The van der Waals surface area contributed by atoms with E-state index >= 15 is 0 Å². The maximum absolute atomic E-state index is 13.1. The molecule has 1 heterocycles. The molecule has 0 bridgehead atoms. The Morgan fingerprint density at radius 1 is 1.28 bits per heavy atom. The number of aromatic nitrogens is 2. The van der Waals surface area contributed by atoms with Gasteiger partial charge in [0, 0.05) is 18.2 Å². The van der Waals surface area contributed by atoms with E-state index in [0.29, 0.717) is 6.54 Å². The van der Waals surface area contributed by atoms with Crippen molar-refractivity contribution in [3.8, 4) is 11.3 Å². The van der Waals surface area contributed by atoms with Crippen molar-refractivity contribution >= 4 is 11.6 Å². The Hall–Kier alpha value is -1.52. The van der Waals surface area contributed by atoms with Crippen LogP contribution >= 0.6 is 11.6 Å². The fourth-order valence-corrected chi connectivity index (χ4v) is 1.78. The Bertz CT molecular complexity index is 546. The average molecular weight is 266 g/mol. The van der Waals surface area contributed by atoms with Crippen molar-refractivity contribution in [3.05, 3.63) is 47.1 Å². The summed E-state index contributed by atoms with van der Waals surface area (Å²) in [5, 5.41) is 0.0922. The van der Waals surface area contributed by atoms with Gasteiger partial charge in [0.05, 0.1) is 10.7 Å². The minimum absolute atomic E-state index is 0.0922. The number of nitrogens with zero attached hydrogens (tertiary/aromatic N) is 2. The number of rotatable bonds is 4. The Morgan fingerprint density at radius 2 is 2.11 bits per heavy atom. The lowest BCUT2D eigenvalue weighted by Gasteiger charge is -2.04. The first-order valence-corrected chi connectivity index (χ1v) is 6.06. The molecule has 1 aromatic heterocycles. The molecule has 0 aliphatic carbocycles. The van der Waals surface area contributed by atoms with Gasteiger partial charge in [0.1, 0.15) is 11.6 Å². The lowest BCUT2D eigenvalue weighted by molar-refractivity contribution is 0.628. The summed E-state index contributed by atoms with van der Waals surface area (Å²) < 4.78 is 13.1. The molecule has 5 heteroatoms. The fourth-order valence-electron chi connectivity index (χ4n) is 1.60. The largest absolute Gasteiger partial charge is 0.330 e. The molecule has 0 aliphatic rings. The molecule has 3 nitrogen and oxygen atoms in total. The van der Waals surface area contributed by atoms with E-state index in [4.69, 9.17) is 17.3 Å². The molecule has 0 amide bonds. The number of halogens is 2. The predicted molar refractivity (Wildman–Crippen MR) is 69.8 cm³/mol. The van der Waals surface area contributed by atoms with Gasteiger partial charge in [-0.1, -0.05) is 11.6 Å². The Labute approximate surface area is 110 Å². The third-order valence-corrected chi connectivity index (χ3v) is 2.81. The highest BCUT2D eigenvalue weighted by molar-refractivity contribution is 6.31. The van der Waals surface area contributed by atoms with Crippen LogP contribution in [0.15, 0.2) is 30.5 Å². The maximum Gasteiger partial charge on any atom is 0.141 e. The van der Waals surface area contributed by atoms with Crippen LogP contribution in [0.5, 0.6) is 0 Å². The predicted octanol–water partition coefficient (Wildman–Crippen LogP) is 2.83. The van der Waals surface area contributed by atoms with Crippen LogP contribution in [0.25, 0.3) is 11.3 Å². The van der Waals surface area contributed by atoms with Crippen LogP contribution in [0.1, 0.15) is 12.2 Å². The third kappa shape index (κ3) is 3.03. The quantitative estimate of drug-likeness (QED) is 0.925. The lowest BCUT2D eigenvalue weighted by Crippen LogP contribution is -2.03. The molecule has 94 valence electrons. The summed E-state index contributed by atoms with van der Waals surface area (Å²) in [4.78, 5) is 8.57. The molecular formula is C13H13ClFN3. The van der Waals surface area contributed by atoms with Crippen molar-refractivity contribution in [1.29, 1.82) is 0 Å². The van der Waals surface area contributed by atoms with Crippen molar-refractivity contribution < 1.29 is 4.39 Å². The number of nitrogens with two attached hydrogens (primary N) is 1. The first-order chi connectivity index (χ1) is 8.70. The highest BCUT2D eigenvalue weighted by atomic mass is 35.5. The van der Waals surface area contributed by atoms with Crippen LogP contribution in [-0.2, 0) is 6.42 Å². The van der Waals surface area contributed by atoms with E-state index < -0.39 is 5.82 Å². The number of hydrogen-bond acceptors (Lipinski definition) is 3. The molecule has 0 aliphatic heterocycles. The summed E-state index contributed by atoms with van der Waals surface area (Å²) in [5.74, 6) is 0.302. The normalized spacial score (nSPS) is 10.6. The van der Waals surface area contributed by atoms with E-state index in [9.17, 15) is 4.39 Å². The lowest BCUT2D eigenvalue weighted by atomic mass is 10.1. The zero-order chi connectivity index (χ0) is 13.0. The average Bonchev–Trinajstić information content (AvgIpc) is 2.40. The van der Waals surface area contributed by atoms with Gasteiger partial charge in [-0.05, 0) is 37.2 Å². The first kappa shape index (κ1) is 12.9. The van der Waals surface area contributed by atoms with Crippen molar-refractivity contribution in [2.45, 2.75) is 12.8 Å². The molecule has 0 radical (unpaired) electrons. The minimum Gasteiger partial charge on any atom is -0.330 e. The topological polar surface area (TPSA) is 51.8 Å². The Kier molecular flexibility index (Phi) is 4.23. The molecule has 0 unspecified atom stereocenters. The molecule has 2 aromatic rings. The zero-order valence-corrected chi connectivity index (χ0v) is 10.5. The molecule has 0 saturated carbocycles. The Morgan fingerprint density at radius 3 is 2.83 bits per heavy atom. The van der Waals surface area contributed by atoms with Crippen molar-refractivity contribution in [2.75, 3.05) is 6.54 Å². The van der Waals surface area contributed by atoms with Crippen LogP contribution in [0.4, 0.5) is 4.39 Å². The zero-order valence-electron chi connectivity index (χ0n) is 9.74. The van der Waals surface area contributed by atoms with Crippen LogP contribution in [0, 0.1) is 5.82 Å². The fraction of sp³-hybridized carbons (Fsp3) is 0.231. The second-order valence-corrected chi connectivity index (χ2v) is 4.29. The summed E-state index contributed by atoms with van der Waals surface area (Å²) >= 11 is 5.75. The number of hydrogen-bond donors (Lipinski definition) is 1. The van der Waals surface area contributed by atoms with E-state index in [-0.39, 0.29) is 5.02 Å². The Balaban J connectivity index is 2.29. The van der Waals surface area contributed by atoms with Crippen LogP contribution < -0.4 is 5.73 Å². The summed E-state index contributed by atoms with van der Waals surface area (Å²) in [6, 6.07) is 6.32. The summed E-state index contributed by atoms with van der Waals surface area (Å²) in [6.07, 6.45) is 3.26. The highest BCUT2D eigenvalue weighted by Crippen LogP contribution is 2.23. The van der Waals surface area contributed by atoms with E-state index in [1.54, 1.807) is 24.4 Å². The van der Waals surface area contributed by atoms with Gasteiger partial charge in [-0.15, -0.1) is 0 Å². The second kappa shape index (κ2) is 5.89. The number of aryl methyl sites for hydroxylation is 1. The van der Waals surface area contributed by atoms with E-state index in [1.807, 2.05) is 0 Å². The minimum atomic E-state index is -0.433. The molecule has 2 N–H and O–H groups in total. The molecule has 18 heavy (non-hydrogen) atoms. The second-order valence-electron chi connectivity index (χ2n) is 3.88. The number of benzene rings is 1. The van der Waals surface area contributed by atoms with Gasteiger partial charge in [0.15, 0.2) is 0 Å². The molecule has 0 fully saturated rings. The van der Waals surface area contributed by atoms with Crippen molar-refractivity contribution in [2.24, 2.45) is 5.73 Å². The van der Waals surface area contributed by atoms with E-state index in [0.717, 1.165) is 29.9 Å². The smallest absolute Gasteiger partial charge is 0.141 e. The van der Waals surface area contributed by atoms with Gasteiger partial charge in [-0.3, -0.25) is 0 Å². The molecule has 0 atom stereocenters. The molecule has 0 saturated heterocycles. The molecular weight excluding hydrogens is 253 g/mol. The SMILES string of the molecule is NCCCc1nccc(-c2ccc(F)c(Cl)c2)n1. The van der Waals surface area contributed by atoms with Crippen LogP contribution in [0.2, 0.25) is 5.02 Å². The maximum atomic E-state index is 13.1. The van der Waals surface area contributed by atoms with Crippen molar-refractivity contribution in [1.82, 2.24) is 9.97 Å². The van der Waals surface area contributed by atoms with Gasteiger partial charge in [-0.25, -0.2) is 14.4 Å². The van der Waals surface area contributed by atoms with Crippen LogP contribution in [0.3, 0.4) is 0 Å². The van der Waals surface area contributed by atoms with Crippen LogP contribution in [-0.4, -0.2) is 16.5 Å². The van der Waals surface area contributed by atoms with E-state index in [1.165, 1.54) is 6.07 Å². The van der Waals surface area contributed by atoms with Gasteiger partial charge >= 0.3 is 0 Å². The highest BCUT2D eigenvalue weighted by Gasteiger charge is 2.05.